The van der Waals surface area contributed by atoms with E-state index in [-0.39, 0.29) is 11.1 Å². The zero-order valence-corrected chi connectivity index (χ0v) is 18.1. The highest BCUT2D eigenvalue weighted by atomic mass is 32.1. The van der Waals surface area contributed by atoms with Crippen LogP contribution in [0.1, 0.15) is 38.5 Å². The highest BCUT2D eigenvalue weighted by Gasteiger charge is 2.31. The molecule has 2 aromatic heterocycles. The minimum Gasteiger partial charge on any atom is -0.492 e. The number of aryl methyl sites for hydroxylation is 1. The van der Waals surface area contributed by atoms with E-state index in [1.165, 1.54) is 23.6 Å². The van der Waals surface area contributed by atoms with E-state index in [9.17, 15) is 20.0 Å². The number of fused-ring (bicyclic) bond motifs is 3. The molecule has 164 valence electrons. The predicted molar refractivity (Wildman–Crippen MR) is 115 cm³/mol. The van der Waals surface area contributed by atoms with Crippen LogP contribution in [-0.4, -0.2) is 41.0 Å². The Bertz CT molecular complexity index is 1290. The van der Waals surface area contributed by atoms with Gasteiger partial charge in [0, 0.05) is 55.1 Å². The summed E-state index contributed by atoms with van der Waals surface area (Å²) < 4.78 is 18.5. The smallest absolute Gasteiger partial charge is 0.341 e. The van der Waals surface area contributed by atoms with Gasteiger partial charge in [0.25, 0.3) is 0 Å². The number of nitrogens with zero attached hydrogens (tertiary/aromatic N) is 3. The SMILES string of the molecule is COCCCOc1cc2c(cc1C#N)-c1cc(=O)c(C(=O)O)cn1C(c1ncc(C)s1)O2. The number of carbonyl (C=O) groups is 1. The fourth-order valence-electron chi connectivity index (χ4n) is 3.40. The standard InChI is InChI=1S/C22H19N3O6S/c1-12-10-24-20(32-12)21-25-11-15(22(27)28)17(26)7-16(25)14-6-13(9-23)18(8-19(14)31-21)30-5-3-4-29-2/h6-8,10-11,21H,3-5H2,1-2H3,(H,27,28). The minimum absolute atomic E-state index is 0.273. The largest absolute Gasteiger partial charge is 0.492 e. The Morgan fingerprint density at radius 2 is 2.19 bits per heavy atom. The van der Waals surface area contributed by atoms with Crippen LogP contribution in [0.5, 0.6) is 11.5 Å². The van der Waals surface area contributed by atoms with E-state index in [0.717, 1.165) is 4.88 Å². The van der Waals surface area contributed by atoms with Crippen molar-refractivity contribution in [2.24, 2.45) is 0 Å². The van der Waals surface area contributed by atoms with Gasteiger partial charge in [-0.15, -0.1) is 11.3 Å². The number of carboxylic acid groups (broad SMARTS) is 1. The van der Waals surface area contributed by atoms with E-state index in [1.54, 1.807) is 30.0 Å². The third-order valence-corrected chi connectivity index (χ3v) is 5.82. The number of hydrogen-bond acceptors (Lipinski definition) is 8. The van der Waals surface area contributed by atoms with Crippen molar-refractivity contribution >= 4 is 17.3 Å². The molecule has 3 aromatic rings. The van der Waals surface area contributed by atoms with Gasteiger partial charge in [0.2, 0.25) is 6.23 Å². The lowest BCUT2D eigenvalue weighted by atomic mass is 10.0. The zero-order valence-electron chi connectivity index (χ0n) is 17.3. The number of pyridine rings is 1. The van der Waals surface area contributed by atoms with Crippen molar-refractivity contribution in [3.63, 3.8) is 0 Å². The van der Waals surface area contributed by atoms with Gasteiger partial charge in [0.15, 0.2) is 10.4 Å². The second-order valence-electron chi connectivity index (χ2n) is 7.08. The van der Waals surface area contributed by atoms with Gasteiger partial charge < -0.3 is 23.9 Å². The van der Waals surface area contributed by atoms with E-state index in [1.807, 2.05) is 6.92 Å². The minimum atomic E-state index is -1.33. The van der Waals surface area contributed by atoms with E-state index < -0.39 is 17.6 Å². The molecule has 0 radical (unpaired) electrons. The number of ether oxygens (including phenoxy) is 3. The summed E-state index contributed by atoms with van der Waals surface area (Å²) in [5.74, 6) is -0.567. The number of methoxy groups -OCH3 is 1. The highest BCUT2D eigenvalue weighted by Crippen LogP contribution is 2.43. The van der Waals surface area contributed by atoms with Crippen molar-refractivity contribution in [3.8, 4) is 28.8 Å². The first-order chi connectivity index (χ1) is 15.4. The summed E-state index contributed by atoms with van der Waals surface area (Å²) in [5.41, 5.74) is 0.183. The molecule has 0 saturated heterocycles. The normalized spacial score (nSPS) is 14.1. The molecule has 1 N–H and O–H groups in total. The average Bonchev–Trinajstić information content (AvgIpc) is 3.21. The summed E-state index contributed by atoms with van der Waals surface area (Å²) in [7, 11) is 1.60. The van der Waals surface area contributed by atoms with Gasteiger partial charge >= 0.3 is 5.97 Å². The van der Waals surface area contributed by atoms with Gasteiger partial charge in [-0.1, -0.05) is 0 Å². The summed E-state index contributed by atoms with van der Waals surface area (Å²) in [6.45, 7) is 2.78. The van der Waals surface area contributed by atoms with Crippen molar-refractivity contribution in [2.75, 3.05) is 20.3 Å². The second-order valence-corrected chi connectivity index (χ2v) is 8.35. The Morgan fingerprint density at radius 1 is 1.38 bits per heavy atom. The Kier molecular flexibility index (Phi) is 5.94. The molecule has 0 saturated carbocycles. The van der Waals surface area contributed by atoms with Gasteiger partial charge in [-0.2, -0.15) is 5.26 Å². The highest BCUT2D eigenvalue weighted by molar-refractivity contribution is 7.11. The van der Waals surface area contributed by atoms with Crippen LogP contribution in [-0.2, 0) is 4.74 Å². The number of aromatic nitrogens is 2. The molecule has 1 aromatic carbocycles. The maximum absolute atomic E-state index is 12.5. The molecular weight excluding hydrogens is 434 g/mol. The number of benzene rings is 1. The summed E-state index contributed by atoms with van der Waals surface area (Å²) in [5, 5.41) is 19.7. The molecule has 0 spiro atoms. The molecule has 0 aliphatic carbocycles. The first kappa shape index (κ1) is 21.5. The van der Waals surface area contributed by atoms with Gasteiger partial charge in [-0.3, -0.25) is 4.79 Å². The Hall–Kier alpha value is -3.68. The first-order valence-electron chi connectivity index (χ1n) is 9.71. The third-order valence-electron chi connectivity index (χ3n) is 4.88. The number of hydrogen-bond donors (Lipinski definition) is 1. The van der Waals surface area contributed by atoms with Crippen LogP contribution in [0.3, 0.4) is 0 Å². The molecule has 4 rings (SSSR count). The maximum atomic E-state index is 12.5. The molecule has 0 fully saturated rings. The van der Waals surface area contributed by atoms with Crippen LogP contribution in [0.25, 0.3) is 11.3 Å². The lowest BCUT2D eigenvalue weighted by Gasteiger charge is -2.30. The average molecular weight is 453 g/mol. The zero-order chi connectivity index (χ0) is 22.8. The Labute approximate surface area is 187 Å². The van der Waals surface area contributed by atoms with E-state index in [2.05, 4.69) is 11.1 Å². The molecule has 0 bridgehead atoms. The predicted octanol–water partition coefficient (Wildman–Crippen LogP) is 3.20. The van der Waals surface area contributed by atoms with Crippen LogP contribution < -0.4 is 14.9 Å². The van der Waals surface area contributed by atoms with Crippen molar-refractivity contribution in [1.29, 1.82) is 5.26 Å². The van der Waals surface area contributed by atoms with Crippen molar-refractivity contribution in [1.82, 2.24) is 9.55 Å². The van der Waals surface area contributed by atoms with Gasteiger partial charge in [0.1, 0.15) is 23.1 Å². The molecule has 9 nitrogen and oxygen atoms in total. The monoisotopic (exact) mass is 453 g/mol. The van der Waals surface area contributed by atoms with Gasteiger partial charge in [-0.25, -0.2) is 9.78 Å². The number of rotatable bonds is 7. The molecule has 1 atom stereocenters. The lowest BCUT2D eigenvalue weighted by Crippen LogP contribution is -2.27. The van der Waals surface area contributed by atoms with E-state index in [0.29, 0.717) is 47.4 Å². The van der Waals surface area contributed by atoms with Crippen molar-refractivity contribution in [2.45, 2.75) is 19.6 Å². The van der Waals surface area contributed by atoms with Crippen LogP contribution in [0.4, 0.5) is 0 Å². The van der Waals surface area contributed by atoms with Crippen LogP contribution >= 0.6 is 11.3 Å². The molecule has 0 amide bonds. The Balaban J connectivity index is 1.86. The molecule has 1 unspecified atom stereocenters. The van der Waals surface area contributed by atoms with E-state index in [4.69, 9.17) is 14.2 Å². The number of carboxylic acids is 1. The van der Waals surface area contributed by atoms with Gasteiger partial charge in [0.05, 0.1) is 17.9 Å². The molecule has 1 aliphatic rings. The van der Waals surface area contributed by atoms with Crippen molar-refractivity contribution in [3.05, 3.63) is 61.8 Å². The first-order valence-corrected chi connectivity index (χ1v) is 10.5. The summed E-state index contributed by atoms with van der Waals surface area (Å²) in [6, 6.07) is 6.55. The summed E-state index contributed by atoms with van der Waals surface area (Å²) >= 11 is 1.40. The number of nitriles is 1. The quantitative estimate of drug-likeness (QED) is 0.541. The fourth-order valence-corrected chi connectivity index (χ4v) is 4.21. The van der Waals surface area contributed by atoms with Crippen LogP contribution in [0.2, 0.25) is 0 Å². The number of thiazole rings is 1. The fraction of sp³-hybridized carbons (Fsp3) is 0.273. The molecule has 32 heavy (non-hydrogen) atoms. The lowest BCUT2D eigenvalue weighted by molar-refractivity contribution is 0.0693. The van der Waals surface area contributed by atoms with Crippen LogP contribution in [0, 0.1) is 18.3 Å². The van der Waals surface area contributed by atoms with Crippen LogP contribution in [0.15, 0.2) is 35.4 Å². The topological polar surface area (TPSA) is 124 Å². The molecule has 1 aliphatic heterocycles. The Morgan fingerprint density at radius 3 is 2.84 bits per heavy atom. The molecular formula is C22H19N3O6S. The number of aromatic carboxylic acids is 1. The van der Waals surface area contributed by atoms with E-state index >= 15 is 0 Å². The third kappa shape index (κ3) is 3.95. The van der Waals surface area contributed by atoms with Gasteiger partial charge in [-0.05, 0) is 13.0 Å². The molecule has 10 heteroatoms. The molecule has 3 heterocycles. The maximum Gasteiger partial charge on any atom is 0.341 e. The second kappa shape index (κ2) is 8.82. The van der Waals surface area contributed by atoms with Crippen molar-refractivity contribution < 1.29 is 24.1 Å². The summed E-state index contributed by atoms with van der Waals surface area (Å²) in [6.07, 6.45) is 2.83. The summed E-state index contributed by atoms with van der Waals surface area (Å²) in [4.78, 5) is 29.4.